The molecule has 0 unspecified atom stereocenters. The predicted molar refractivity (Wildman–Crippen MR) is 78.2 cm³/mol. The van der Waals surface area contributed by atoms with E-state index >= 15 is 0 Å². The van der Waals surface area contributed by atoms with Crippen LogP contribution in [-0.4, -0.2) is 25.0 Å². The molecular weight excluding hydrogens is 236 g/mol. The number of hydrogen-bond donors (Lipinski definition) is 2. The van der Waals surface area contributed by atoms with Gasteiger partial charge >= 0.3 is 0 Å². The molecule has 1 saturated heterocycles. The largest absolute Gasteiger partial charge is 0.352 e. The highest BCUT2D eigenvalue weighted by atomic mass is 16.1. The van der Waals surface area contributed by atoms with Crippen LogP contribution in [-0.2, 0) is 11.2 Å². The van der Waals surface area contributed by atoms with Gasteiger partial charge < -0.3 is 10.6 Å². The predicted octanol–water partition coefficient (Wildman–Crippen LogP) is 1.96. The summed E-state index contributed by atoms with van der Waals surface area (Å²) >= 11 is 0. The number of carbonyl (C=O) groups is 1. The fourth-order valence-corrected chi connectivity index (χ4v) is 2.60. The van der Waals surface area contributed by atoms with Crippen LogP contribution in [0.2, 0.25) is 0 Å². The molecule has 0 saturated carbocycles. The van der Waals surface area contributed by atoms with Gasteiger partial charge in [0.05, 0.1) is 6.42 Å². The van der Waals surface area contributed by atoms with E-state index in [1.165, 1.54) is 11.1 Å². The summed E-state index contributed by atoms with van der Waals surface area (Å²) in [5.74, 6) is 0.693. The summed E-state index contributed by atoms with van der Waals surface area (Å²) in [5, 5.41) is 6.50. The molecule has 1 amide bonds. The van der Waals surface area contributed by atoms with Crippen LogP contribution in [0.3, 0.4) is 0 Å². The molecule has 1 aliphatic rings. The Kier molecular flexibility index (Phi) is 4.59. The van der Waals surface area contributed by atoms with Crippen LogP contribution < -0.4 is 10.6 Å². The van der Waals surface area contributed by atoms with Gasteiger partial charge in [0.2, 0.25) is 5.91 Å². The topological polar surface area (TPSA) is 41.1 Å². The molecule has 0 aliphatic carbocycles. The first kappa shape index (κ1) is 14.1. The number of hydrogen-bond acceptors (Lipinski definition) is 2. The normalized spacial score (nSPS) is 23.1. The molecule has 104 valence electrons. The average Bonchev–Trinajstić information content (AvgIpc) is 2.37. The maximum absolute atomic E-state index is 12.2. The summed E-state index contributed by atoms with van der Waals surface area (Å²) in [4.78, 5) is 12.2. The molecule has 1 aliphatic heterocycles. The van der Waals surface area contributed by atoms with Gasteiger partial charge in [0.25, 0.3) is 0 Å². The van der Waals surface area contributed by atoms with Gasteiger partial charge in [0.1, 0.15) is 0 Å². The Balaban J connectivity index is 1.95. The van der Waals surface area contributed by atoms with Crippen LogP contribution in [0.4, 0.5) is 0 Å². The zero-order valence-corrected chi connectivity index (χ0v) is 12.1. The summed E-state index contributed by atoms with van der Waals surface area (Å²) in [5.41, 5.74) is 3.53. The zero-order chi connectivity index (χ0) is 13.8. The summed E-state index contributed by atoms with van der Waals surface area (Å²) in [7, 11) is 0. The molecule has 19 heavy (non-hydrogen) atoms. The standard InChI is InChI=1S/C16H24N2O/c1-11-4-5-12(2)14(8-11)9-16(19)18-15-10-17-7-6-13(15)3/h4-5,8,13,15,17H,6-7,9-10H2,1-3H3,(H,18,19)/t13-,15+/m0/s1. The van der Waals surface area contributed by atoms with Crippen molar-refractivity contribution in [2.45, 2.75) is 39.7 Å². The number of amides is 1. The number of piperidine rings is 1. The molecule has 0 bridgehead atoms. The maximum atomic E-state index is 12.2. The van der Waals surface area contributed by atoms with Gasteiger partial charge in [-0.15, -0.1) is 0 Å². The highest BCUT2D eigenvalue weighted by molar-refractivity contribution is 5.79. The lowest BCUT2D eigenvalue weighted by Crippen LogP contribution is -2.50. The van der Waals surface area contributed by atoms with Crippen molar-refractivity contribution in [3.8, 4) is 0 Å². The SMILES string of the molecule is Cc1ccc(C)c(CC(=O)N[C@@H]2CNCC[C@@H]2C)c1. The number of nitrogens with one attached hydrogen (secondary N) is 2. The van der Waals surface area contributed by atoms with E-state index in [9.17, 15) is 4.79 Å². The molecule has 0 aromatic heterocycles. The summed E-state index contributed by atoms with van der Waals surface area (Å²) in [6.07, 6.45) is 1.62. The van der Waals surface area contributed by atoms with Gasteiger partial charge in [-0.05, 0) is 43.9 Å². The second-order valence-electron chi connectivity index (χ2n) is 5.75. The van der Waals surface area contributed by atoms with E-state index in [-0.39, 0.29) is 11.9 Å². The second kappa shape index (κ2) is 6.20. The molecule has 2 N–H and O–H groups in total. The molecule has 2 rings (SSSR count). The third-order valence-electron chi connectivity index (χ3n) is 4.03. The maximum Gasteiger partial charge on any atom is 0.224 e. The van der Waals surface area contributed by atoms with Crippen LogP contribution >= 0.6 is 0 Å². The fraction of sp³-hybridized carbons (Fsp3) is 0.562. The van der Waals surface area contributed by atoms with Gasteiger partial charge in [0, 0.05) is 12.6 Å². The lowest BCUT2D eigenvalue weighted by Gasteiger charge is -2.30. The molecule has 2 atom stereocenters. The van der Waals surface area contributed by atoms with E-state index in [1.807, 2.05) is 0 Å². The monoisotopic (exact) mass is 260 g/mol. The summed E-state index contributed by atoms with van der Waals surface area (Å²) in [6, 6.07) is 6.55. The number of benzene rings is 1. The third kappa shape index (κ3) is 3.80. The molecule has 3 nitrogen and oxygen atoms in total. The minimum atomic E-state index is 0.134. The Hall–Kier alpha value is -1.35. The minimum Gasteiger partial charge on any atom is -0.352 e. The molecule has 0 radical (unpaired) electrons. The van der Waals surface area contributed by atoms with Gasteiger partial charge in [-0.3, -0.25) is 4.79 Å². The Morgan fingerprint density at radius 3 is 2.95 bits per heavy atom. The molecule has 1 fully saturated rings. The Morgan fingerprint density at radius 2 is 2.21 bits per heavy atom. The van der Waals surface area contributed by atoms with Gasteiger partial charge in [-0.1, -0.05) is 30.7 Å². The molecule has 1 aromatic rings. The van der Waals surface area contributed by atoms with Crippen molar-refractivity contribution in [2.24, 2.45) is 5.92 Å². The van der Waals surface area contributed by atoms with E-state index in [1.54, 1.807) is 0 Å². The number of carbonyl (C=O) groups excluding carboxylic acids is 1. The summed E-state index contributed by atoms with van der Waals surface area (Å²) < 4.78 is 0. The van der Waals surface area contributed by atoms with Crippen LogP contribution in [0.25, 0.3) is 0 Å². The number of rotatable bonds is 3. The van der Waals surface area contributed by atoms with Crippen molar-refractivity contribution < 1.29 is 4.79 Å². The van der Waals surface area contributed by atoms with E-state index in [2.05, 4.69) is 49.6 Å². The Bertz CT molecular complexity index is 456. The van der Waals surface area contributed by atoms with Gasteiger partial charge in [-0.25, -0.2) is 0 Å². The second-order valence-corrected chi connectivity index (χ2v) is 5.75. The minimum absolute atomic E-state index is 0.134. The van der Waals surface area contributed by atoms with E-state index in [0.29, 0.717) is 12.3 Å². The lowest BCUT2D eigenvalue weighted by atomic mass is 9.94. The summed E-state index contributed by atoms with van der Waals surface area (Å²) in [6.45, 7) is 8.29. The Labute approximate surface area is 115 Å². The van der Waals surface area contributed by atoms with Gasteiger partial charge in [0.15, 0.2) is 0 Å². The van der Waals surface area contributed by atoms with Crippen molar-refractivity contribution in [1.82, 2.24) is 10.6 Å². The average molecular weight is 260 g/mol. The smallest absolute Gasteiger partial charge is 0.224 e. The molecule has 1 heterocycles. The van der Waals surface area contributed by atoms with E-state index in [4.69, 9.17) is 0 Å². The van der Waals surface area contributed by atoms with Crippen LogP contribution in [0.15, 0.2) is 18.2 Å². The van der Waals surface area contributed by atoms with E-state index < -0.39 is 0 Å². The van der Waals surface area contributed by atoms with Crippen molar-refractivity contribution in [3.05, 3.63) is 34.9 Å². The first-order valence-corrected chi connectivity index (χ1v) is 7.12. The van der Waals surface area contributed by atoms with Crippen molar-refractivity contribution in [1.29, 1.82) is 0 Å². The third-order valence-corrected chi connectivity index (χ3v) is 4.03. The van der Waals surface area contributed by atoms with Crippen LogP contribution in [0, 0.1) is 19.8 Å². The first-order chi connectivity index (χ1) is 9.06. The molecule has 3 heteroatoms. The Morgan fingerprint density at radius 1 is 1.42 bits per heavy atom. The highest BCUT2D eigenvalue weighted by Gasteiger charge is 2.22. The molecular formula is C16H24N2O. The zero-order valence-electron chi connectivity index (χ0n) is 12.1. The highest BCUT2D eigenvalue weighted by Crippen LogP contribution is 2.13. The van der Waals surface area contributed by atoms with E-state index in [0.717, 1.165) is 25.1 Å². The van der Waals surface area contributed by atoms with Crippen molar-refractivity contribution in [3.63, 3.8) is 0 Å². The lowest BCUT2D eigenvalue weighted by molar-refractivity contribution is -0.121. The first-order valence-electron chi connectivity index (χ1n) is 7.12. The van der Waals surface area contributed by atoms with Crippen molar-refractivity contribution >= 4 is 5.91 Å². The molecule has 0 spiro atoms. The van der Waals surface area contributed by atoms with Gasteiger partial charge in [-0.2, -0.15) is 0 Å². The quantitative estimate of drug-likeness (QED) is 0.872. The molecule has 1 aromatic carbocycles. The van der Waals surface area contributed by atoms with Crippen LogP contribution in [0.1, 0.15) is 30.0 Å². The van der Waals surface area contributed by atoms with Crippen LogP contribution in [0.5, 0.6) is 0 Å². The van der Waals surface area contributed by atoms with Crippen molar-refractivity contribution in [2.75, 3.05) is 13.1 Å². The number of aryl methyl sites for hydroxylation is 2. The fourth-order valence-electron chi connectivity index (χ4n) is 2.60.